The molecule has 1 rings (SSSR count). The Bertz CT molecular complexity index is 319. The summed E-state index contributed by atoms with van der Waals surface area (Å²) in [5, 5.41) is 10.0. The molecule has 0 unspecified atom stereocenters. The van der Waals surface area contributed by atoms with Gasteiger partial charge in [-0.05, 0) is 29.8 Å². The fourth-order valence-electron chi connectivity index (χ4n) is 1.42. The molecule has 0 aliphatic heterocycles. The highest BCUT2D eigenvalue weighted by Gasteiger charge is 2.08. The Morgan fingerprint density at radius 3 is 2.50 bits per heavy atom. The average Bonchev–Trinajstić information content (AvgIpc) is 2.20. The van der Waals surface area contributed by atoms with E-state index >= 15 is 0 Å². The van der Waals surface area contributed by atoms with Crippen molar-refractivity contribution in [2.24, 2.45) is 0 Å². The molecule has 1 N–H and O–H groups in total. The zero-order valence-corrected chi connectivity index (χ0v) is 9.42. The van der Waals surface area contributed by atoms with Crippen LogP contribution in [0, 0.1) is 0 Å². The van der Waals surface area contributed by atoms with Crippen molar-refractivity contribution in [1.82, 2.24) is 0 Å². The van der Waals surface area contributed by atoms with E-state index in [1.165, 1.54) is 5.30 Å². The zero-order valence-electron chi connectivity index (χ0n) is 8.53. The van der Waals surface area contributed by atoms with Gasteiger partial charge in [0.15, 0.2) is 0 Å². The molecule has 0 amide bonds. The zero-order chi connectivity index (χ0) is 10.6. The van der Waals surface area contributed by atoms with Crippen molar-refractivity contribution in [2.75, 3.05) is 12.3 Å². The van der Waals surface area contributed by atoms with E-state index in [4.69, 9.17) is 5.11 Å². The maximum Gasteiger partial charge on any atom is 0.335 e. The molecule has 0 aliphatic carbocycles. The second-order valence-electron chi connectivity index (χ2n) is 3.03. The lowest BCUT2D eigenvalue weighted by molar-refractivity contribution is 0.0697. The monoisotopic (exact) mass is 210 g/mol. The minimum atomic E-state index is -0.839. The molecule has 0 heterocycles. The lowest BCUT2D eigenvalue weighted by atomic mass is 10.2. The van der Waals surface area contributed by atoms with Gasteiger partial charge in [-0.2, -0.15) is 0 Å². The molecule has 0 atom stereocenters. The number of hydrogen-bond acceptors (Lipinski definition) is 1. The van der Waals surface area contributed by atoms with Crippen LogP contribution in [0.15, 0.2) is 24.3 Å². The second-order valence-corrected chi connectivity index (χ2v) is 5.89. The molecule has 14 heavy (non-hydrogen) atoms. The van der Waals surface area contributed by atoms with Crippen LogP contribution in [0.5, 0.6) is 0 Å². The molecule has 0 aromatic heterocycles. The minimum absolute atomic E-state index is 0.156. The van der Waals surface area contributed by atoms with Gasteiger partial charge in [-0.25, -0.2) is 4.79 Å². The molecule has 0 spiro atoms. The minimum Gasteiger partial charge on any atom is -0.478 e. The molecular formula is C11H15O2P. The first kappa shape index (κ1) is 11.2. The third kappa shape index (κ3) is 2.55. The third-order valence-electron chi connectivity index (χ3n) is 2.22. The van der Waals surface area contributed by atoms with E-state index < -0.39 is 5.97 Å². The number of carboxylic acid groups (broad SMARTS) is 1. The van der Waals surface area contributed by atoms with Crippen molar-refractivity contribution in [2.45, 2.75) is 13.8 Å². The topological polar surface area (TPSA) is 37.3 Å². The van der Waals surface area contributed by atoms with Gasteiger partial charge in [0.25, 0.3) is 0 Å². The van der Waals surface area contributed by atoms with Gasteiger partial charge >= 0.3 is 5.97 Å². The lowest BCUT2D eigenvalue weighted by Crippen LogP contribution is -2.07. The predicted octanol–water partition coefficient (Wildman–Crippen LogP) is 2.53. The van der Waals surface area contributed by atoms with Crippen LogP contribution in [0.1, 0.15) is 24.2 Å². The van der Waals surface area contributed by atoms with E-state index in [2.05, 4.69) is 13.8 Å². The number of carbonyl (C=O) groups is 1. The maximum absolute atomic E-state index is 10.8. The van der Waals surface area contributed by atoms with Crippen LogP contribution >= 0.6 is 7.92 Å². The van der Waals surface area contributed by atoms with E-state index in [1.807, 2.05) is 12.1 Å². The van der Waals surface area contributed by atoms with Crippen molar-refractivity contribution in [3.8, 4) is 0 Å². The van der Waals surface area contributed by atoms with Crippen LogP contribution in [-0.2, 0) is 0 Å². The summed E-state index contributed by atoms with van der Waals surface area (Å²) < 4.78 is 0. The van der Waals surface area contributed by atoms with Gasteiger partial charge in [0.1, 0.15) is 0 Å². The molecule has 1 aromatic rings. The predicted molar refractivity (Wildman–Crippen MR) is 61.0 cm³/mol. The van der Waals surface area contributed by atoms with Gasteiger partial charge in [0.05, 0.1) is 5.56 Å². The summed E-state index contributed by atoms with van der Waals surface area (Å²) in [5.74, 6) is -0.839. The standard InChI is InChI=1S/C11H15O2P/c1-3-14(4-2)10-7-5-6-9(8-10)11(12)13/h5-8H,3-4H2,1-2H3,(H,12,13). The summed E-state index contributed by atoms with van der Waals surface area (Å²) in [6.07, 6.45) is 2.24. The molecule has 0 aliphatic rings. The van der Waals surface area contributed by atoms with Crippen LogP contribution in [0.2, 0.25) is 0 Å². The quantitative estimate of drug-likeness (QED) is 0.775. The Balaban J connectivity index is 2.98. The summed E-state index contributed by atoms with van der Waals surface area (Å²) in [5.41, 5.74) is 0.400. The van der Waals surface area contributed by atoms with Crippen molar-refractivity contribution >= 4 is 19.2 Å². The van der Waals surface area contributed by atoms with E-state index in [0.29, 0.717) is 5.56 Å². The first-order chi connectivity index (χ1) is 6.69. The summed E-state index contributed by atoms with van der Waals surface area (Å²) in [4.78, 5) is 10.8. The van der Waals surface area contributed by atoms with Crippen LogP contribution < -0.4 is 5.30 Å². The number of rotatable bonds is 4. The van der Waals surface area contributed by atoms with Gasteiger partial charge in [0.2, 0.25) is 0 Å². The Kier molecular flexibility index (Phi) is 4.09. The molecule has 3 heteroatoms. The third-order valence-corrected chi connectivity index (χ3v) is 4.76. The van der Waals surface area contributed by atoms with Gasteiger partial charge < -0.3 is 5.11 Å². The number of carboxylic acids is 1. The van der Waals surface area contributed by atoms with Crippen molar-refractivity contribution in [3.05, 3.63) is 29.8 Å². The van der Waals surface area contributed by atoms with E-state index in [-0.39, 0.29) is 7.92 Å². The first-order valence-corrected chi connectivity index (χ1v) is 6.48. The van der Waals surface area contributed by atoms with Crippen LogP contribution in [-0.4, -0.2) is 23.4 Å². The summed E-state index contributed by atoms with van der Waals surface area (Å²) >= 11 is 0. The maximum atomic E-state index is 10.8. The second kappa shape index (κ2) is 5.11. The smallest absolute Gasteiger partial charge is 0.335 e. The highest BCUT2D eigenvalue weighted by Crippen LogP contribution is 2.32. The van der Waals surface area contributed by atoms with E-state index in [0.717, 1.165) is 12.3 Å². The summed E-state index contributed by atoms with van der Waals surface area (Å²) in [6, 6.07) is 7.32. The normalized spacial score (nSPS) is 10.5. The van der Waals surface area contributed by atoms with Crippen molar-refractivity contribution in [3.63, 3.8) is 0 Å². The largest absolute Gasteiger partial charge is 0.478 e. The van der Waals surface area contributed by atoms with Crippen molar-refractivity contribution in [1.29, 1.82) is 0 Å². The van der Waals surface area contributed by atoms with Crippen molar-refractivity contribution < 1.29 is 9.90 Å². The van der Waals surface area contributed by atoms with E-state index in [9.17, 15) is 4.79 Å². The van der Waals surface area contributed by atoms with E-state index in [1.54, 1.807) is 12.1 Å². The summed E-state index contributed by atoms with van der Waals surface area (Å²) in [7, 11) is -0.156. The molecule has 0 saturated heterocycles. The van der Waals surface area contributed by atoms with Gasteiger partial charge in [0, 0.05) is 0 Å². The highest BCUT2D eigenvalue weighted by molar-refractivity contribution is 7.65. The van der Waals surface area contributed by atoms with Gasteiger partial charge in [-0.1, -0.05) is 33.9 Å². The summed E-state index contributed by atoms with van der Waals surface area (Å²) in [6.45, 7) is 4.31. The Labute approximate surface area is 85.7 Å². The Morgan fingerprint density at radius 1 is 1.36 bits per heavy atom. The molecule has 1 aromatic carbocycles. The first-order valence-electron chi connectivity index (χ1n) is 4.77. The highest BCUT2D eigenvalue weighted by atomic mass is 31.1. The molecular weight excluding hydrogens is 195 g/mol. The fraction of sp³-hybridized carbons (Fsp3) is 0.364. The average molecular weight is 210 g/mol. The van der Waals surface area contributed by atoms with Gasteiger partial charge in [-0.15, -0.1) is 0 Å². The number of benzene rings is 1. The fourth-order valence-corrected chi connectivity index (χ4v) is 3.22. The Morgan fingerprint density at radius 2 is 2.00 bits per heavy atom. The molecule has 0 radical (unpaired) electrons. The van der Waals surface area contributed by atoms with Crippen LogP contribution in [0.4, 0.5) is 0 Å². The molecule has 0 fully saturated rings. The number of hydrogen-bond donors (Lipinski definition) is 1. The molecule has 0 bridgehead atoms. The SMILES string of the molecule is CCP(CC)c1cccc(C(=O)O)c1. The molecule has 76 valence electrons. The molecule has 2 nitrogen and oxygen atoms in total. The van der Waals surface area contributed by atoms with Gasteiger partial charge in [-0.3, -0.25) is 0 Å². The molecule has 0 saturated carbocycles. The number of aromatic carboxylic acids is 1. The Hall–Kier alpha value is -0.880. The van der Waals surface area contributed by atoms with Crippen LogP contribution in [0.25, 0.3) is 0 Å². The van der Waals surface area contributed by atoms with Crippen LogP contribution in [0.3, 0.4) is 0 Å². The lowest BCUT2D eigenvalue weighted by Gasteiger charge is -2.13.